The van der Waals surface area contributed by atoms with Crippen LogP contribution in [0.25, 0.3) is 0 Å². The Hall–Kier alpha value is -1.82. The van der Waals surface area contributed by atoms with Crippen molar-refractivity contribution in [1.82, 2.24) is 9.88 Å². The zero-order valence-electron chi connectivity index (χ0n) is 16.5. The lowest BCUT2D eigenvalue weighted by molar-refractivity contribution is 0.0693. The molecule has 0 aliphatic heterocycles. The minimum Gasteiger partial charge on any atom is -0.478 e. The van der Waals surface area contributed by atoms with Gasteiger partial charge in [0.25, 0.3) is 0 Å². The number of carboxylic acids is 1. The molecular formula is C21H29ClN2O3. The summed E-state index contributed by atoms with van der Waals surface area (Å²) in [6.07, 6.45) is 1.12. The van der Waals surface area contributed by atoms with Crippen LogP contribution in [0.4, 0.5) is 0 Å². The molecule has 2 N–H and O–H groups in total. The number of hydrogen-bond acceptors (Lipinski definition) is 3. The summed E-state index contributed by atoms with van der Waals surface area (Å²) in [6.45, 7) is 10.5. The summed E-state index contributed by atoms with van der Waals surface area (Å²) in [5.41, 5.74) is 4.08. The van der Waals surface area contributed by atoms with Crippen LogP contribution in [0.5, 0.6) is 0 Å². The van der Waals surface area contributed by atoms with Crippen molar-refractivity contribution in [3.63, 3.8) is 0 Å². The van der Waals surface area contributed by atoms with Crippen molar-refractivity contribution in [2.45, 2.75) is 53.3 Å². The largest absolute Gasteiger partial charge is 0.478 e. The van der Waals surface area contributed by atoms with E-state index in [1.165, 1.54) is 0 Å². The van der Waals surface area contributed by atoms with E-state index < -0.39 is 5.97 Å². The fraction of sp³-hybridized carbons (Fsp3) is 0.476. The number of carbonyl (C=O) groups is 1. The molecule has 6 heteroatoms. The first-order valence-electron chi connectivity index (χ1n) is 9.29. The molecule has 5 nitrogen and oxygen atoms in total. The molecule has 1 heterocycles. The molecule has 148 valence electrons. The summed E-state index contributed by atoms with van der Waals surface area (Å²) in [5.74, 6) is -0.884. The van der Waals surface area contributed by atoms with Gasteiger partial charge in [-0.1, -0.05) is 23.7 Å². The number of nitrogens with one attached hydrogen (secondary N) is 1. The van der Waals surface area contributed by atoms with Crippen LogP contribution in [0.3, 0.4) is 0 Å². The number of ether oxygens (including phenoxy) is 1. The van der Waals surface area contributed by atoms with E-state index in [0.717, 1.165) is 35.5 Å². The highest BCUT2D eigenvalue weighted by Gasteiger charge is 2.22. The summed E-state index contributed by atoms with van der Waals surface area (Å²) < 4.78 is 7.59. The molecule has 0 unspecified atom stereocenters. The van der Waals surface area contributed by atoms with Crippen LogP contribution in [0, 0.1) is 13.8 Å². The monoisotopic (exact) mass is 392 g/mol. The quantitative estimate of drug-likeness (QED) is 0.588. The van der Waals surface area contributed by atoms with Crippen LogP contribution in [-0.2, 0) is 17.8 Å². The molecule has 1 aromatic carbocycles. The summed E-state index contributed by atoms with van der Waals surface area (Å²) in [5, 5.41) is 13.8. The van der Waals surface area contributed by atoms with E-state index in [2.05, 4.69) is 9.88 Å². The maximum Gasteiger partial charge on any atom is 0.337 e. The molecule has 0 saturated carbocycles. The molecule has 27 heavy (non-hydrogen) atoms. The fourth-order valence-corrected chi connectivity index (χ4v) is 3.31. The Morgan fingerprint density at radius 3 is 2.48 bits per heavy atom. The summed E-state index contributed by atoms with van der Waals surface area (Å²) in [4.78, 5) is 11.8. The molecule has 0 radical (unpaired) electrons. The number of aromatic carboxylic acids is 1. The molecule has 0 fully saturated rings. The van der Waals surface area contributed by atoms with Crippen LogP contribution in [0.2, 0.25) is 5.02 Å². The average molecular weight is 393 g/mol. The van der Waals surface area contributed by atoms with Crippen molar-refractivity contribution in [2.24, 2.45) is 0 Å². The van der Waals surface area contributed by atoms with Gasteiger partial charge in [-0.25, -0.2) is 4.79 Å². The second kappa shape index (κ2) is 9.93. The Kier molecular flexibility index (Phi) is 7.90. The average Bonchev–Trinajstić information content (AvgIpc) is 2.84. The predicted molar refractivity (Wildman–Crippen MR) is 109 cm³/mol. The SMILES string of the molecule is Cc1c(CNCCCOC(C)C)c(C(=O)O)c(C)n1Cc1ccc(Cl)cc1. The lowest BCUT2D eigenvalue weighted by Gasteiger charge is -2.11. The van der Waals surface area contributed by atoms with Crippen molar-refractivity contribution >= 4 is 17.6 Å². The molecule has 0 bridgehead atoms. The van der Waals surface area contributed by atoms with Crippen molar-refractivity contribution in [3.8, 4) is 0 Å². The van der Waals surface area contributed by atoms with Crippen LogP contribution in [-0.4, -0.2) is 34.9 Å². The minimum atomic E-state index is -0.884. The number of aromatic nitrogens is 1. The van der Waals surface area contributed by atoms with E-state index >= 15 is 0 Å². The zero-order chi connectivity index (χ0) is 20.0. The molecular weight excluding hydrogens is 364 g/mol. The first kappa shape index (κ1) is 21.5. The van der Waals surface area contributed by atoms with Gasteiger partial charge in [0.2, 0.25) is 0 Å². The van der Waals surface area contributed by atoms with Crippen LogP contribution in [0.1, 0.15) is 53.1 Å². The van der Waals surface area contributed by atoms with Gasteiger partial charge in [0.1, 0.15) is 0 Å². The Labute approximate surface area is 166 Å². The van der Waals surface area contributed by atoms with Crippen molar-refractivity contribution < 1.29 is 14.6 Å². The normalized spacial score (nSPS) is 11.3. The molecule has 1 aromatic heterocycles. The Morgan fingerprint density at radius 1 is 1.22 bits per heavy atom. The number of carboxylic acid groups (broad SMARTS) is 1. The van der Waals surface area contributed by atoms with Crippen LogP contribution >= 0.6 is 11.6 Å². The number of hydrogen-bond donors (Lipinski definition) is 2. The van der Waals surface area contributed by atoms with Gasteiger partial charge in [0.05, 0.1) is 11.7 Å². The smallest absolute Gasteiger partial charge is 0.337 e. The predicted octanol–water partition coefficient (Wildman–Crippen LogP) is 4.41. The van der Waals surface area contributed by atoms with Crippen LogP contribution < -0.4 is 5.32 Å². The van der Waals surface area contributed by atoms with Crippen molar-refractivity contribution in [3.05, 3.63) is 57.4 Å². The number of halogens is 1. The maximum absolute atomic E-state index is 11.8. The zero-order valence-corrected chi connectivity index (χ0v) is 17.3. The van der Waals surface area contributed by atoms with Gasteiger partial charge in [-0.15, -0.1) is 0 Å². The van der Waals surface area contributed by atoms with Gasteiger partial charge in [-0.05, 0) is 58.4 Å². The molecule has 0 saturated heterocycles. The van der Waals surface area contributed by atoms with E-state index in [1.54, 1.807) is 0 Å². The Morgan fingerprint density at radius 2 is 1.89 bits per heavy atom. The van der Waals surface area contributed by atoms with Gasteiger partial charge in [-0.2, -0.15) is 0 Å². The third kappa shape index (κ3) is 5.83. The standard InChI is InChI=1S/C21H29ClN2O3/c1-14(2)27-11-5-10-23-12-19-15(3)24(16(4)20(19)21(25)26)13-17-6-8-18(22)9-7-17/h6-9,14,23H,5,10-13H2,1-4H3,(H,25,26). The van der Waals surface area contributed by atoms with E-state index in [1.807, 2.05) is 52.0 Å². The second-order valence-electron chi connectivity index (χ2n) is 6.99. The minimum absolute atomic E-state index is 0.232. The number of rotatable bonds is 10. The van der Waals surface area contributed by atoms with Gasteiger partial charge in [-0.3, -0.25) is 0 Å². The Balaban J connectivity index is 2.11. The summed E-state index contributed by atoms with van der Waals surface area (Å²) in [6, 6.07) is 7.64. The molecule has 0 atom stereocenters. The van der Waals surface area contributed by atoms with Crippen molar-refractivity contribution in [1.29, 1.82) is 0 Å². The highest BCUT2D eigenvalue weighted by atomic mass is 35.5. The van der Waals surface area contributed by atoms with Gasteiger partial charge in [0, 0.05) is 41.7 Å². The molecule has 2 rings (SSSR count). The lowest BCUT2D eigenvalue weighted by Crippen LogP contribution is -2.19. The number of benzene rings is 1. The number of nitrogens with zero attached hydrogens (tertiary/aromatic N) is 1. The molecule has 0 aliphatic carbocycles. The second-order valence-corrected chi connectivity index (χ2v) is 7.43. The van der Waals surface area contributed by atoms with E-state index in [4.69, 9.17) is 16.3 Å². The Bertz CT molecular complexity index is 767. The first-order chi connectivity index (χ1) is 12.8. The molecule has 0 spiro atoms. The van der Waals surface area contributed by atoms with Gasteiger partial charge in [0.15, 0.2) is 0 Å². The highest BCUT2D eigenvalue weighted by Crippen LogP contribution is 2.24. The highest BCUT2D eigenvalue weighted by molar-refractivity contribution is 6.30. The van der Waals surface area contributed by atoms with E-state index in [0.29, 0.717) is 30.3 Å². The molecule has 0 aliphatic rings. The van der Waals surface area contributed by atoms with Gasteiger partial charge < -0.3 is 19.7 Å². The third-order valence-corrected chi connectivity index (χ3v) is 4.88. The molecule has 0 amide bonds. The maximum atomic E-state index is 11.8. The van der Waals surface area contributed by atoms with E-state index in [9.17, 15) is 9.90 Å². The van der Waals surface area contributed by atoms with Gasteiger partial charge >= 0.3 is 5.97 Å². The van der Waals surface area contributed by atoms with Crippen LogP contribution in [0.15, 0.2) is 24.3 Å². The molecule has 2 aromatic rings. The van der Waals surface area contributed by atoms with E-state index in [-0.39, 0.29) is 6.10 Å². The van der Waals surface area contributed by atoms with Crippen molar-refractivity contribution in [2.75, 3.05) is 13.2 Å². The third-order valence-electron chi connectivity index (χ3n) is 4.63. The fourth-order valence-electron chi connectivity index (χ4n) is 3.19. The first-order valence-corrected chi connectivity index (χ1v) is 9.67. The summed E-state index contributed by atoms with van der Waals surface area (Å²) >= 11 is 5.96. The summed E-state index contributed by atoms with van der Waals surface area (Å²) in [7, 11) is 0. The lowest BCUT2D eigenvalue weighted by atomic mass is 10.1. The topological polar surface area (TPSA) is 63.5 Å².